The molecule has 0 saturated heterocycles. The van der Waals surface area contributed by atoms with Gasteiger partial charge < -0.3 is 9.72 Å². The molecule has 0 atom stereocenters. The van der Waals surface area contributed by atoms with Gasteiger partial charge in [0.2, 0.25) is 5.43 Å². The minimum absolute atomic E-state index is 0.0000384. The van der Waals surface area contributed by atoms with Crippen LogP contribution in [0.2, 0.25) is 0 Å². The monoisotopic (exact) mass is 249 g/mol. The molecule has 2 aromatic rings. The molecule has 0 spiro atoms. The van der Waals surface area contributed by atoms with Crippen molar-refractivity contribution in [3.63, 3.8) is 0 Å². The molecule has 2 rings (SSSR count). The van der Waals surface area contributed by atoms with Gasteiger partial charge in [-0.15, -0.1) is 0 Å². The summed E-state index contributed by atoms with van der Waals surface area (Å²) in [6, 6.07) is 0. The van der Waals surface area contributed by atoms with Crippen LogP contribution in [0.25, 0.3) is 11.0 Å². The largest absolute Gasteiger partial charge is 0.465 e. The zero-order valence-electron chi connectivity index (χ0n) is 10.4. The summed E-state index contributed by atoms with van der Waals surface area (Å²) < 4.78 is 6.29. The fourth-order valence-corrected chi connectivity index (χ4v) is 1.79. The first kappa shape index (κ1) is 12.3. The summed E-state index contributed by atoms with van der Waals surface area (Å²) in [5.41, 5.74) is 0.291. The van der Waals surface area contributed by atoms with Crippen molar-refractivity contribution in [2.45, 2.75) is 26.3 Å². The van der Waals surface area contributed by atoms with E-state index in [0.29, 0.717) is 11.0 Å². The predicted octanol–water partition coefficient (Wildman–Crippen LogP) is 1.31. The second-order valence-corrected chi connectivity index (χ2v) is 4.01. The van der Waals surface area contributed by atoms with Gasteiger partial charge >= 0.3 is 5.97 Å². The Balaban J connectivity index is 2.50. The number of carbonyl (C=O) groups excluding carboxylic acids is 1. The molecule has 0 saturated carbocycles. The van der Waals surface area contributed by atoms with Gasteiger partial charge in [0.15, 0.2) is 0 Å². The lowest BCUT2D eigenvalue weighted by Crippen LogP contribution is -2.17. The van der Waals surface area contributed by atoms with E-state index < -0.39 is 5.97 Å². The third-order valence-electron chi connectivity index (χ3n) is 2.81. The number of H-pyrrole nitrogens is 1. The minimum Gasteiger partial charge on any atom is -0.465 e. The van der Waals surface area contributed by atoms with Crippen molar-refractivity contribution < 1.29 is 9.53 Å². The average molecular weight is 249 g/mol. The van der Waals surface area contributed by atoms with Crippen LogP contribution in [0.4, 0.5) is 0 Å². The van der Waals surface area contributed by atoms with Gasteiger partial charge in [-0.3, -0.25) is 4.79 Å². The van der Waals surface area contributed by atoms with Crippen LogP contribution in [-0.4, -0.2) is 27.8 Å². The second-order valence-electron chi connectivity index (χ2n) is 4.01. The molecule has 96 valence electrons. The number of carbonyl (C=O) groups is 1. The number of nitrogens with one attached hydrogen (secondary N) is 1. The quantitative estimate of drug-likeness (QED) is 0.829. The number of nitrogens with zero attached hydrogens (tertiary/aromatic N) is 2. The number of methoxy groups -OCH3 is 1. The number of aromatic amines is 1. The van der Waals surface area contributed by atoms with Crippen molar-refractivity contribution in [2.75, 3.05) is 7.11 Å². The first-order valence-corrected chi connectivity index (χ1v) is 5.84. The van der Waals surface area contributed by atoms with Gasteiger partial charge in [-0.1, -0.05) is 13.3 Å². The Labute approximate surface area is 104 Å². The van der Waals surface area contributed by atoms with Crippen LogP contribution in [-0.2, 0) is 11.3 Å². The van der Waals surface area contributed by atoms with Crippen LogP contribution in [0, 0.1) is 0 Å². The lowest BCUT2D eigenvalue weighted by atomic mass is 10.2. The molecule has 6 heteroatoms. The molecule has 18 heavy (non-hydrogen) atoms. The molecule has 0 fully saturated rings. The second kappa shape index (κ2) is 5.03. The minimum atomic E-state index is -0.639. The molecule has 6 nitrogen and oxygen atoms in total. The van der Waals surface area contributed by atoms with Crippen LogP contribution < -0.4 is 5.43 Å². The van der Waals surface area contributed by atoms with E-state index in [1.54, 1.807) is 4.68 Å². The van der Waals surface area contributed by atoms with Crippen LogP contribution in [0.3, 0.4) is 0 Å². The van der Waals surface area contributed by atoms with Gasteiger partial charge in [0.05, 0.1) is 18.7 Å². The van der Waals surface area contributed by atoms with E-state index in [1.807, 2.05) is 0 Å². The summed E-state index contributed by atoms with van der Waals surface area (Å²) in [6.07, 6.45) is 4.89. The number of hydrogen-bond acceptors (Lipinski definition) is 4. The number of fused-ring (bicyclic) bond motifs is 1. The fraction of sp³-hybridized carbons (Fsp3) is 0.417. The van der Waals surface area contributed by atoms with Crippen molar-refractivity contribution in [1.29, 1.82) is 0 Å². The number of rotatable bonds is 4. The molecule has 2 aromatic heterocycles. The van der Waals surface area contributed by atoms with Crippen molar-refractivity contribution in [3.05, 3.63) is 28.2 Å². The van der Waals surface area contributed by atoms with Crippen LogP contribution in [0.15, 0.2) is 17.2 Å². The van der Waals surface area contributed by atoms with Gasteiger partial charge in [-0.05, 0) is 6.42 Å². The molecule has 0 aliphatic heterocycles. The van der Waals surface area contributed by atoms with E-state index in [-0.39, 0.29) is 11.0 Å². The van der Waals surface area contributed by atoms with Crippen LogP contribution in [0.1, 0.15) is 30.1 Å². The molecule has 0 amide bonds. The normalized spacial score (nSPS) is 10.8. The highest BCUT2D eigenvalue weighted by Gasteiger charge is 2.15. The highest BCUT2D eigenvalue weighted by atomic mass is 16.5. The molecule has 0 aromatic carbocycles. The van der Waals surface area contributed by atoms with E-state index in [4.69, 9.17) is 0 Å². The number of ether oxygens (including phenoxy) is 1. The SMILES string of the molecule is CCCCn1ncc2c(=O)c(C(=O)OC)c[nH]c21. The lowest BCUT2D eigenvalue weighted by molar-refractivity contribution is 0.0599. The molecular formula is C12H15N3O3. The van der Waals surface area contributed by atoms with Gasteiger partial charge in [-0.2, -0.15) is 5.10 Å². The molecule has 0 aliphatic carbocycles. The Bertz CT molecular complexity index is 627. The van der Waals surface area contributed by atoms with Crippen LogP contribution in [0.5, 0.6) is 0 Å². The molecule has 0 radical (unpaired) electrons. The molecule has 0 aliphatic rings. The first-order chi connectivity index (χ1) is 8.69. The highest BCUT2D eigenvalue weighted by Crippen LogP contribution is 2.09. The summed E-state index contributed by atoms with van der Waals surface area (Å²) in [5.74, 6) is -0.639. The number of aryl methyl sites for hydroxylation is 1. The Morgan fingerprint density at radius 3 is 3.00 bits per heavy atom. The Hall–Kier alpha value is -2.11. The third kappa shape index (κ3) is 2.01. The molecule has 0 unspecified atom stereocenters. The topological polar surface area (TPSA) is 77.0 Å². The van der Waals surface area contributed by atoms with E-state index in [9.17, 15) is 9.59 Å². The number of esters is 1. The highest BCUT2D eigenvalue weighted by molar-refractivity contribution is 5.92. The Kier molecular flexibility index (Phi) is 3.45. The lowest BCUT2D eigenvalue weighted by Gasteiger charge is -2.02. The average Bonchev–Trinajstić information content (AvgIpc) is 2.80. The molecule has 0 bridgehead atoms. The Morgan fingerprint density at radius 1 is 1.56 bits per heavy atom. The maximum Gasteiger partial charge on any atom is 0.343 e. The first-order valence-electron chi connectivity index (χ1n) is 5.84. The van der Waals surface area contributed by atoms with Gasteiger partial charge in [-0.25, -0.2) is 9.48 Å². The maximum atomic E-state index is 12.0. The van der Waals surface area contributed by atoms with Gasteiger partial charge in [0.25, 0.3) is 0 Å². The summed E-state index contributed by atoms with van der Waals surface area (Å²) in [7, 11) is 1.25. The number of pyridine rings is 1. The number of unbranched alkanes of at least 4 members (excludes halogenated alkanes) is 1. The van der Waals surface area contributed by atoms with E-state index in [2.05, 4.69) is 21.7 Å². The van der Waals surface area contributed by atoms with Crippen molar-refractivity contribution in [1.82, 2.24) is 14.8 Å². The zero-order valence-corrected chi connectivity index (χ0v) is 10.4. The van der Waals surface area contributed by atoms with Crippen LogP contribution >= 0.6 is 0 Å². The maximum absolute atomic E-state index is 12.0. The Morgan fingerprint density at radius 2 is 2.33 bits per heavy atom. The third-order valence-corrected chi connectivity index (χ3v) is 2.81. The summed E-state index contributed by atoms with van der Waals surface area (Å²) in [4.78, 5) is 26.4. The smallest absolute Gasteiger partial charge is 0.343 e. The summed E-state index contributed by atoms with van der Waals surface area (Å²) in [6.45, 7) is 2.83. The number of hydrogen-bond donors (Lipinski definition) is 1. The standard InChI is InChI=1S/C12H15N3O3/c1-3-4-5-15-11-8(7-14-15)10(16)9(6-13-11)12(17)18-2/h6-7H,3-5H2,1-2H3,(H,13,16). The van der Waals surface area contributed by atoms with Crippen molar-refractivity contribution >= 4 is 17.0 Å². The van der Waals surface area contributed by atoms with Gasteiger partial charge in [0.1, 0.15) is 11.2 Å². The van der Waals surface area contributed by atoms with Crippen molar-refractivity contribution in [3.8, 4) is 0 Å². The van der Waals surface area contributed by atoms with E-state index in [1.165, 1.54) is 19.5 Å². The van der Waals surface area contributed by atoms with Crippen molar-refractivity contribution in [2.24, 2.45) is 0 Å². The molecule has 1 N–H and O–H groups in total. The van der Waals surface area contributed by atoms with Gasteiger partial charge in [0, 0.05) is 12.7 Å². The zero-order chi connectivity index (χ0) is 13.1. The number of aromatic nitrogens is 3. The summed E-state index contributed by atoms with van der Waals surface area (Å²) >= 11 is 0. The molecular weight excluding hydrogens is 234 g/mol. The predicted molar refractivity (Wildman–Crippen MR) is 66.6 cm³/mol. The van der Waals surface area contributed by atoms with E-state index >= 15 is 0 Å². The summed E-state index contributed by atoms with van der Waals surface area (Å²) in [5, 5.41) is 4.56. The fourth-order valence-electron chi connectivity index (χ4n) is 1.79. The molecule has 2 heterocycles. The van der Waals surface area contributed by atoms with E-state index in [0.717, 1.165) is 19.4 Å².